The Balaban J connectivity index is 1.74. The molecule has 0 radical (unpaired) electrons. The Morgan fingerprint density at radius 2 is 1.96 bits per heavy atom. The number of hydrogen-bond acceptors (Lipinski definition) is 5. The van der Waals surface area contributed by atoms with Crippen molar-refractivity contribution in [3.05, 3.63) is 35.5 Å². The summed E-state index contributed by atoms with van der Waals surface area (Å²) in [6.07, 6.45) is 4.95. The van der Waals surface area contributed by atoms with Gasteiger partial charge in [-0.2, -0.15) is 0 Å². The molecule has 2 aliphatic rings. The summed E-state index contributed by atoms with van der Waals surface area (Å²) >= 11 is 0. The highest BCUT2D eigenvalue weighted by molar-refractivity contribution is 5.87. The summed E-state index contributed by atoms with van der Waals surface area (Å²) in [6.45, 7) is 0. The molecule has 0 spiro atoms. The summed E-state index contributed by atoms with van der Waals surface area (Å²) < 4.78 is 9.89. The first-order chi connectivity index (χ1) is 13.1. The minimum absolute atomic E-state index is 0.00356. The molecule has 0 saturated heterocycles. The molecule has 144 valence electrons. The van der Waals surface area contributed by atoms with Crippen molar-refractivity contribution in [3.8, 4) is 0 Å². The first-order valence-electron chi connectivity index (χ1n) is 9.58. The van der Waals surface area contributed by atoms with Gasteiger partial charge in [-0.05, 0) is 36.3 Å². The minimum Gasteiger partial charge on any atom is -0.469 e. The summed E-state index contributed by atoms with van der Waals surface area (Å²) in [5.41, 5.74) is 3.38. The lowest BCUT2D eigenvalue weighted by atomic mass is 9.59. The Hall–Kier alpha value is -2.34. The molecule has 0 unspecified atom stereocenters. The lowest BCUT2D eigenvalue weighted by Gasteiger charge is -2.50. The highest BCUT2D eigenvalue weighted by Gasteiger charge is 2.49. The van der Waals surface area contributed by atoms with Gasteiger partial charge >= 0.3 is 11.9 Å². The number of esters is 2. The van der Waals surface area contributed by atoms with Crippen LogP contribution in [-0.4, -0.2) is 37.2 Å². The SMILES string of the molecule is COC(=O)CCC1([C@@H]2N[C@@H](C(=O)OC)Cc3c2[nH]c2ccccc32)CCC1. The fourth-order valence-electron chi connectivity index (χ4n) is 4.78. The third kappa shape index (κ3) is 3.02. The Labute approximate surface area is 158 Å². The topological polar surface area (TPSA) is 80.4 Å². The molecule has 2 heterocycles. The van der Waals surface area contributed by atoms with Crippen molar-refractivity contribution in [2.45, 2.75) is 50.6 Å². The summed E-state index contributed by atoms with van der Waals surface area (Å²) in [5, 5.41) is 4.71. The fraction of sp³-hybridized carbons (Fsp3) is 0.524. The number of hydrogen-bond donors (Lipinski definition) is 2. The van der Waals surface area contributed by atoms with Crippen molar-refractivity contribution in [3.63, 3.8) is 0 Å². The molecule has 2 N–H and O–H groups in total. The lowest BCUT2D eigenvalue weighted by Crippen LogP contribution is -2.53. The number of H-pyrrole nitrogens is 1. The molecule has 2 atom stereocenters. The van der Waals surface area contributed by atoms with E-state index in [1.807, 2.05) is 12.1 Å². The largest absolute Gasteiger partial charge is 0.469 e. The Morgan fingerprint density at radius 3 is 2.63 bits per heavy atom. The molecule has 1 fully saturated rings. The van der Waals surface area contributed by atoms with Gasteiger partial charge in [-0.3, -0.25) is 14.9 Å². The summed E-state index contributed by atoms with van der Waals surface area (Å²) in [4.78, 5) is 27.7. The van der Waals surface area contributed by atoms with E-state index in [0.717, 1.165) is 42.3 Å². The van der Waals surface area contributed by atoms with Crippen molar-refractivity contribution in [1.29, 1.82) is 0 Å². The van der Waals surface area contributed by atoms with Crippen LogP contribution in [-0.2, 0) is 25.5 Å². The van der Waals surface area contributed by atoms with E-state index >= 15 is 0 Å². The van der Waals surface area contributed by atoms with Crippen LogP contribution in [0.25, 0.3) is 10.9 Å². The standard InChI is InChI=1S/C21H26N2O4/c1-26-17(24)8-11-21(9-5-10-21)19-18-14(12-16(23-19)20(25)27-2)13-6-3-4-7-15(13)22-18/h3-4,6-7,16,19,22-23H,5,8-12H2,1-2H3/t16-,19-/m1/s1. The van der Waals surface area contributed by atoms with Crippen LogP contribution in [0, 0.1) is 5.41 Å². The van der Waals surface area contributed by atoms with E-state index < -0.39 is 0 Å². The maximum absolute atomic E-state index is 12.4. The van der Waals surface area contributed by atoms with Gasteiger partial charge in [0.05, 0.1) is 20.3 Å². The summed E-state index contributed by atoms with van der Waals surface area (Å²) in [5.74, 6) is -0.420. The molecule has 0 amide bonds. The number of ether oxygens (including phenoxy) is 2. The molecule has 1 aliphatic carbocycles. The Bertz CT molecular complexity index is 868. The lowest BCUT2D eigenvalue weighted by molar-refractivity contribution is -0.145. The number of aromatic amines is 1. The van der Waals surface area contributed by atoms with Crippen molar-refractivity contribution in [1.82, 2.24) is 10.3 Å². The van der Waals surface area contributed by atoms with Gasteiger partial charge in [-0.25, -0.2) is 0 Å². The summed E-state index contributed by atoms with van der Waals surface area (Å²) in [6, 6.07) is 7.83. The van der Waals surface area contributed by atoms with Gasteiger partial charge in [0.2, 0.25) is 0 Å². The second-order valence-electron chi connectivity index (χ2n) is 7.73. The maximum atomic E-state index is 12.4. The predicted molar refractivity (Wildman–Crippen MR) is 101 cm³/mol. The van der Waals surface area contributed by atoms with E-state index in [0.29, 0.717) is 12.8 Å². The first-order valence-corrected chi connectivity index (χ1v) is 9.58. The fourth-order valence-corrected chi connectivity index (χ4v) is 4.78. The molecule has 4 rings (SSSR count). The number of carbonyl (C=O) groups excluding carboxylic acids is 2. The molecule has 0 bridgehead atoms. The molecule has 1 aliphatic heterocycles. The van der Waals surface area contributed by atoms with Crippen molar-refractivity contribution >= 4 is 22.8 Å². The number of methoxy groups -OCH3 is 2. The zero-order valence-corrected chi connectivity index (χ0v) is 15.8. The molecule has 6 nitrogen and oxygen atoms in total. The average Bonchev–Trinajstić information content (AvgIpc) is 3.04. The van der Waals surface area contributed by atoms with Crippen LogP contribution in [0.15, 0.2) is 24.3 Å². The summed E-state index contributed by atoms with van der Waals surface area (Å²) in [7, 11) is 2.86. The van der Waals surface area contributed by atoms with Gasteiger partial charge in [0.15, 0.2) is 0 Å². The van der Waals surface area contributed by atoms with E-state index in [4.69, 9.17) is 9.47 Å². The van der Waals surface area contributed by atoms with E-state index in [-0.39, 0.29) is 29.4 Å². The second-order valence-corrected chi connectivity index (χ2v) is 7.73. The molecule has 1 aromatic heterocycles. The van der Waals surface area contributed by atoms with Gasteiger partial charge in [-0.15, -0.1) is 0 Å². The zero-order valence-electron chi connectivity index (χ0n) is 15.8. The molecular formula is C21H26N2O4. The van der Waals surface area contributed by atoms with Crippen LogP contribution in [0.5, 0.6) is 0 Å². The molecule has 2 aromatic rings. The monoisotopic (exact) mass is 370 g/mol. The zero-order chi connectivity index (χ0) is 19.0. The first kappa shape index (κ1) is 18.0. The van der Waals surface area contributed by atoms with Crippen molar-refractivity contribution < 1.29 is 19.1 Å². The van der Waals surface area contributed by atoms with Crippen LogP contribution in [0.4, 0.5) is 0 Å². The molecule has 6 heteroatoms. The smallest absolute Gasteiger partial charge is 0.323 e. The van der Waals surface area contributed by atoms with E-state index in [9.17, 15) is 9.59 Å². The normalized spacial score (nSPS) is 23.3. The quantitative estimate of drug-likeness (QED) is 0.791. The van der Waals surface area contributed by atoms with E-state index in [1.165, 1.54) is 19.8 Å². The van der Waals surface area contributed by atoms with Crippen LogP contribution < -0.4 is 5.32 Å². The molecule has 27 heavy (non-hydrogen) atoms. The number of para-hydroxylation sites is 1. The highest BCUT2D eigenvalue weighted by atomic mass is 16.5. The number of nitrogens with one attached hydrogen (secondary N) is 2. The van der Waals surface area contributed by atoms with Crippen LogP contribution >= 0.6 is 0 Å². The van der Waals surface area contributed by atoms with E-state index in [2.05, 4.69) is 22.4 Å². The molecular weight excluding hydrogens is 344 g/mol. The van der Waals surface area contributed by atoms with Gasteiger partial charge < -0.3 is 14.5 Å². The predicted octanol–water partition coefficient (Wildman–Crippen LogP) is 3.02. The van der Waals surface area contributed by atoms with Crippen LogP contribution in [0.3, 0.4) is 0 Å². The maximum Gasteiger partial charge on any atom is 0.323 e. The van der Waals surface area contributed by atoms with E-state index in [1.54, 1.807) is 0 Å². The van der Waals surface area contributed by atoms with Gasteiger partial charge in [0.1, 0.15) is 6.04 Å². The average molecular weight is 370 g/mol. The number of carbonyl (C=O) groups is 2. The van der Waals surface area contributed by atoms with Crippen molar-refractivity contribution in [2.24, 2.45) is 5.41 Å². The number of fused-ring (bicyclic) bond motifs is 3. The van der Waals surface area contributed by atoms with Gasteiger partial charge in [0, 0.05) is 29.4 Å². The van der Waals surface area contributed by atoms with Gasteiger partial charge in [0.25, 0.3) is 0 Å². The highest BCUT2D eigenvalue weighted by Crippen LogP contribution is 2.55. The Kier molecular flexibility index (Phi) is 4.68. The number of aromatic nitrogens is 1. The number of benzene rings is 1. The van der Waals surface area contributed by atoms with Gasteiger partial charge in [-0.1, -0.05) is 24.6 Å². The third-order valence-corrected chi connectivity index (χ3v) is 6.41. The minimum atomic E-state index is -0.373. The van der Waals surface area contributed by atoms with Crippen molar-refractivity contribution in [2.75, 3.05) is 14.2 Å². The van der Waals surface area contributed by atoms with Crippen LogP contribution in [0.2, 0.25) is 0 Å². The molecule has 1 saturated carbocycles. The molecule has 1 aromatic carbocycles. The Morgan fingerprint density at radius 1 is 1.19 bits per heavy atom. The third-order valence-electron chi connectivity index (χ3n) is 6.41. The van der Waals surface area contributed by atoms with Crippen LogP contribution in [0.1, 0.15) is 49.4 Å². The second kappa shape index (κ2) is 7.00. The number of rotatable bonds is 5.